The van der Waals surface area contributed by atoms with Crippen LogP contribution in [0.15, 0.2) is 16.7 Å². The van der Waals surface area contributed by atoms with Crippen molar-refractivity contribution >= 4 is 0 Å². The minimum atomic E-state index is 0.476. The number of nitrogens with one attached hydrogen (secondary N) is 1. The fourth-order valence-corrected chi connectivity index (χ4v) is 3.95. The summed E-state index contributed by atoms with van der Waals surface area (Å²) in [7, 11) is 0. The van der Waals surface area contributed by atoms with Gasteiger partial charge in [-0.1, -0.05) is 27.7 Å². The van der Waals surface area contributed by atoms with Gasteiger partial charge in [0.05, 0.1) is 6.26 Å². The van der Waals surface area contributed by atoms with Crippen molar-refractivity contribution in [1.82, 2.24) is 5.32 Å². The molecule has 0 aromatic carbocycles. The Morgan fingerprint density at radius 3 is 2.47 bits per heavy atom. The molecule has 1 aromatic rings. The molecule has 1 N–H and O–H groups in total. The van der Waals surface area contributed by atoms with E-state index in [4.69, 9.17) is 4.42 Å². The van der Waals surface area contributed by atoms with Gasteiger partial charge in [-0.25, -0.2) is 0 Å². The summed E-state index contributed by atoms with van der Waals surface area (Å²) in [6.07, 6.45) is 6.92. The van der Waals surface area contributed by atoms with Crippen molar-refractivity contribution in [3.63, 3.8) is 0 Å². The van der Waals surface area contributed by atoms with Crippen LogP contribution < -0.4 is 5.32 Å². The Kier molecular flexibility index (Phi) is 5.09. The van der Waals surface area contributed by atoms with Crippen LogP contribution in [0.25, 0.3) is 0 Å². The number of aryl methyl sites for hydroxylation is 1. The third-order valence-corrected chi connectivity index (χ3v) is 4.55. The first-order chi connectivity index (χ1) is 9.15. The van der Waals surface area contributed by atoms with E-state index >= 15 is 0 Å². The monoisotopic (exact) mass is 263 g/mol. The van der Waals surface area contributed by atoms with Crippen LogP contribution >= 0.6 is 0 Å². The van der Waals surface area contributed by atoms with Crippen LogP contribution in [0.2, 0.25) is 0 Å². The van der Waals surface area contributed by atoms with E-state index in [2.05, 4.69) is 39.1 Å². The molecule has 0 radical (unpaired) electrons. The number of hydrogen-bond donors (Lipinski definition) is 1. The maximum absolute atomic E-state index is 5.65. The van der Waals surface area contributed by atoms with Crippen LogP contribution in [-0.2, 0) is 6.42 Å². The SMILES string of the molecule is CCNC(c1ccoc1CC)C1CC(C)CC(C)C1. The van der Waals surface area contributed by atoms with Gasteiger partial charge < -0.3 is 9.73 Å². The van der Waals surface area contributed by atoms with E-state index in [9.17, 15) is 0 Å². The summed E-state index contributed by atoms with van der Waals surface area (Å²) in [6, 6.07) is 2.65. The van der Waals surface area contributed by atoms with Gasteiger partial charge in [-0.05, 0) is 49.6 Å². The van der Waals surface area contributed by atoms with E-state index in [1.54, 1.807) is 0 Å². The fraction of sp³-hybridized carbons (Fsp3) is 0.765. The molecule has 0 saturated heterocycles. The van der Waals surface area contributed by atoms with Gasteiger partial charge >= 0.3 is 0 Å². The lowest BCUT2D eigenvalue weighted by molar-refractivity contribution is 0.176. The van der Waals surface area contributed by atoms with Gasteiger partial charge in [0, 0.05) is 18.0 Å². The van der Waals surface area contributed by atoms with Crippen LogP contribution in [0.3, 0.4) is 0 Å². The van der Waals surface area contributed by atoms with Gasteiger partial charge in [0.1, 0.15) is 5.76 Å². The van der Waals surface area contributed by atoms with Gasteiger partial charge in [-0.3, -0.25) is 0 Å². The lowest BCUT2D eigenvalue weighted by atomic mass is 9.72. The van der Waals surface area contributed by atoms with E-state index in [1.165, 1.54) is 24.8 Å². The molecule has 3 unspecified atom stereocenters. The maximum atomic E-state index is 5.65. The fourth-order valence-electron chi connectivity index (χ4n) is 3.95. The molecule has 1 fully saturated rings. The van der Waals surface area contributed by atoms with Gasteiger partial charge in [-0.2, -0.15) is 0 Å². The second kappa shape index (κ2) is 6.60. The lowest BCUT2D eigenvalue weighted by Gasteiger charge is -2.37. The highest BCUT2D eigenvalue weighted by Crippen LogP contribution is 2.40. The van der Waals surface area contributed by atoms with Crippen LogP contribution in [0.1, 0.15) is 64.3 Å². The van der Waals surface area contributed by atoms with Crippen molar-refractivity contribution in [2.24, 2.45) is 17.8 Å². The van der Waals surface area contributed by atoms with E-state index in [0.29, 0.717) is 6.04 Å². The van der Waals surface area contributed by atoms with Gasteiger partial charge in [-0.15, -0.1) is 0 Å². The molecule has 1 aliphatic rings. The van der Waals surface area contributed by atoms with Crippen LogP contribution in [0, 0.1) is 17.8 Å². The third-order valence-electron chi connectivity index (χ3n) is 4.55. The highest BCUT2D eigenvalue weighted by atomic mass is 16.3. The average molecular weight is 263 g/mol. The molecular weight excluding hydrogens is 234 g/mol. The van der Waals surface area contributed by atoms with Crippen molar-refractivity contribution in [2.45, 2.75) is 59.4 Å². The molecule has 3 atom stereocenters. The van der Waals surface area contributed by atoms with Crippen molar-refractivity contribution in [3.05, 3.63) is 23.7 Å². The molecule has 1 saturated carbocycles. The Labute approximate surface area is 118 Å². The molecule has 1 aromatic heterocycles. The van der Waals surface area contributed by atoms with Gasteiger partial charge in [0.2, 0.25) is 0 Å². The summed E-state index contributed by atoms with van der Waals surface area (Å²) < 4.78 is 5.65. The predicted molar refractivity (Wildman–Crippen MR) is 80.2 cm³/mol. The second-order valence-corrected chi connectivity index (χ2v) is 6.37. The number of furan rings is 1. The number of rotatable bonds is 5. The number of hydrogen-bond acceptors (Lipinski definition) is 2. The van der Waals surface area contributed by atoms with E-state index in [0.717, 1.165) is 36.5 Å². The normalized spacial score (nSPS) is 29.4. The zero-order valence-corrected chi connectivity index (χ0v) is 12.9. The highest BCUT2D eigenvalue weighted by molar-refractivity contribution is 5.22. The zero-order valence-electron chi connectivity index (χ0n) is 12.9. The molecule has 1 aliphatic carbocycles. The molecule has 2 nitrogen and oxygen atoms in total. The van der Waals surface area contributed by atoms with Gasteiger partial charge in [0.25, 0.3) is 0 Å². The van der Waals surface area contributed by atoms with Crippen LogP contribution in [0.4, 0.5) is 0 Å². The molecule has 0 amide bonds. The third kappa shape index (κ3) is 3.42. The summed E-state index contributed by atoms with van der Waals surface area (Å²) in [5.41, 5.74) is 1.40. The minimum absolute atomic E-state index is 0.476. The van der Waals surface area contributed by atoms with Crippen molar-refractivity contribution < 1.29 is 4.42 Å². The first-order valence-electron chi connectivity index (χ1n) is 7.95. The summed E-state index contributed by atoms with van der Waals surface area (Å²) in [6.45, 7) is 10.2. The summed E-state index contributed by atoms with van der Waals surface area (Å²) in [5.74, 6) is 3.62. The first-order valence-corrected chi connectivity index (χ1v) is 7.95. The summed E-state index contributed by atoms with van der Waals surface area (Å²) in [5, 5.41) is 3.71. The van der Waals surface area contributed by atoms with Crippen molar-refractivity contribution in [2.75, 3.05) is 6.54 Å². The lowest BCUT2D eigenvalue weighted by Crippen LogP contribution is -2.33. The quantitative estimate of drug-likeness (QED) is 0.842. The Morgan fingerprint density at radius 2 is 1.89 bits per heavy atom. The summed E-state index contributed by atoms with van der Waals surface area (Å²) >= 11 is 0. The molecule has 0 bridgehead atoms. The second-order valence-electron chi connectivity index (χ2n) is 6.37. The molecule has 2 heteroatoms. The molecule has 108 valence electrons. The largest absolute Gasteiger partial charge is 0.469 e. The molecule has 0 aliphatic heterocycles. The van der Waals surface area contributed by atoms with E-state index < -0.39 is 0 Å². The zero-order chi connectivity index (χ0) is 13.8. The first kappa shape index (κ1) is 14.6. The molecule has 2 rings (SSSR count). The van der Waals surface area contributed by atoms with Gasteiger partial charge in [0.15, 0.2) is 0 Å². The molecule has 0 spiro atoms. The Balaban J connectivity index is 2.19. The topological polar surface area (TPSA) is 25.2 Å². The van der Waals surface area contributed by atoms with Crippen LogP contribution in [-0.4, -0.2) is 6.54 Å². The van der Waals surface area contributed by atoms with Crippen molar-refractivity contribution in [1.29, 1.82) is 0 Å². The highest BCUT2D eigenvalue weighted by Gasteiger charge is 2.32. The average Bonchev–Trinajstić information content (AvgIpc) is 2.82. The van der Waals surface area contributed by atoms with E-state index in [1.807, 2.05) is 6.26 Å². The van der Waals surface area contributed by atoms with Crippen LogP contribution in [0.5, 0.6) is 0 Å². The molecule has 19 heavy (non-hydrogen) atoms. The Morgan fingerprint density at radius 1 is 1.21 bits per heavy atom. The molecular formula is C17H29NO. The van der Waals surface area contributed by atoms with E-state index in [-0.39, 0.29) is 0 Å². The minimum Gasteiger partial charge on any atom is -0.469 e. The smallest absolute Gasteiger partial charge is 0.108 e. The molecule has 1 heterocycles. The maximum Gasteiger partial charge on any atom is 0.108 e. The Hall–Kier alpha value is -0.760. The standard InChI is InChI=1S/C17H29NO/c1-5-16-15(7-8-19-16)17(18-6-2)14-10-12(3)9-13(4)11-14/h7-8,12-14,17-18H,5-6,9-11H2,1-4H3. The predicted octanol–water partition coefficient (Wildman–Crippen LogP) is 4.56. The Bertz CT molecular complexity index is 374. The van der Waals surface area contributed by atoms with Crippen molar-refractivity contribution in [3.8, 4) is 0 Å². The summed E-state index contributed by atoms with van der Waals surface area (Å²) in [4.78, 5) is 0.